The lowest BCUT2D eigenvalue weighted by atomic mass is 9.92. The van der Waals surface area contributed by atoms with Gasteiger partial charge < -0.3 is 15.2 Å². The van der Waals surface area contributed by atoms with Crippen LogP contribution in [-0.4, -0.2) is 30.1 Å². The minimum atomic E-state index is 0. The van der Waals surface area contributed by atoms with Crippen molar-refractivity contribution in [3.63, 3.8) is 0 Å². The second kappa shape index (κ2) is 8.43. The molecular weight excluding hydrogens is 357 g/mol. The summed E-state index contributed by atoms with van der Waals surface area (Å²) in [6.45, 7) is 3.87. The number of para-hydroxylation sites is 1. The summed E-state index contributed by atoms with van der Waals surface area (Å²) in [6, 6.07) is 10.6. The fourth-order valence-electron chi connectivity index (χ4n) is 4.12. The highest BCUT2D eigenvalue weighted by atomic mass is 35.5. The fourth-order valence-corrected chi connectivity index (χ4v) is 4.12. The highest BCUT2D eigenvalue weighted by molar-refractivity contribution is 5.85. The predicted molar refractivity (Wildman–Crippen MR) is 107 cm³/mol. The van der Waals surface area contributed by atoms with Crippen LogP contribution >= 0.6 is 24.8 Å². The number of aromatic nitrogens is 1. The van der Waals surface area contributed by atoms with Gasteiger partial charge in [0.1, 0.15) is 0 Å². The smallest absolute Gasteiger partial charge is 0.223 e. The molecule has 0 radical (unpaired) electrons. The summed E-state index contributed by atoms with van der Waals surface area (Å²) in [5.74, 6) is 0.557. The van der Waals surface area contributed by atoms with Crippen molar-refractivity contribution in [1.82, 2.24) is 15.2 Å². The quantitative estimate of drug-likeness (QED) is 0.777. The molecule has 2 N–H and O–H groups in total. The summed E-state index contributed by atoms with van der Waals surface area (Å²) < 4.78 is 2.27. The van der Waals surface area contributed by atoms with E-state index in [9.17, 15) is 4.79 Å². The number of benzene rings is 1. The van der Waals surface area contributed by atoms with Gasteiger partial charge in [-0.2, -0.15) is 0 Å². The molecule has 1 unspecified atom stereocenters. The largest absolute Gasteiger partial charge is 0.356 e. The Morgan fingerprint density at radius 1 is 1.20 bits per heavy atom. The lowest BCUT2D eigenvalue weighted by Crippen LogP contribution is -2.34. The lowest BCUT2D eigenvalue weighted by Gasteiger charge is -2.23. The number of nitrogens with zero attached hydrogens (tertiary/aromatic N) is 1. The number of carbonyl (C=O) groups is 1. The van der Waals surface area contributed by atoms with Gasteiger partial charge in [-0.1, -0.05) is 18.2 Å². The standard InChI is InChI=1S/C19H25N3O.2ClH/c23-18(16-14-19(16)7-10-20-11-8-19)21-9-3-12-22-13-6-15-4-1-2-5-17(15)22;;/h1-2,4-6,13,16,20H,3,7-12,14H2,(H,21,23);2*1H. The van der Waals surface area contributed by atoms with Crippen LogP contribution in [0.25, 0.3) is 10.9 Å². The van der Waals surface area contributed by atoms with Gasteiger partial charge in [0.15, 0.2) is 0 Å². The van der Waals surface area contributed by atoms with E-state index in [0.29, 0.717) is 5.41 Å². The molecule has 1 saturated carbocycles. The third kappa shape index (κ3) is 4.13. The first kappa shape index (κ1) is 20.1. The third-order valence-corrected chi connectivity index (χ3v) is 5.66. The van der Waals surface area contributed by atoms with Crippen molar-refractivity contribution in [2.24, 2.45) is 11.3 Å². The van der Waals surface area contributed by atoms with E-state index in [2.05, 4.69) is 51.7 Å². The van der Waals surface area contributed by atoms with E-state index < -0.39 is 0 Å². The van der Waals surface area contributed by atoms with Crippen LogP contribution in [0, 0.1) is 11.3 Å². The molecule has 138 valence electrons. The van der Waals surface area contributed by atoms with Crippen molar-refractivity contribution in [2.75, 3.05) is 19.6 Å². The molecule has 1 aromatic heterocycles. The number of carbonyl (C=O) groups excluding carboxylic acids is 1. The highest BCUT2D eigenvalue weighted by Gasteiger charge is 2.57. The van der Waals surface area contributed by atoms with Crippen LogP contribution in [0.2, 0.25) is 0 Å². The first-order valence-corrected chi connectivity index (χ1v) is 8.81. The zero-order chi connectivity index (χ0) is 15.7. The number of hydrogen-bond donors (Lipinski definition) is 2. The van der Waals surface area contributed by atoms with Crippen molar-refractivity contribution in [3.8, 4) is 0 Å². The molecule has 1 saturated heterocycles. The maximum atomic E-state index is 12.3. The predicted octanol–water partition coefficient (Wildman–Crippen LogP) is 3.38. The van der Waals surface area contributed by atoms with Crippen LogP contribution in [0.3, 0.4) is 0 Å². The zero-order valence-corrected chi connectivity index (χ0v) is 16.0. The van der Waals surface area contributed by atoms with Crippen molar-refractivity contribution < 1.29 is 4.79 Å². The summed E-state index contributed by atoms with van der Waals surface area (Å²) in [5.41, 5.74) is 1.61. The first-order chi connectivity index (χ1) is 11.3. The van der Waals surface area contributed by atoms with Gasteiger partial charge in [0.05, 0.1) is 0 Å². The second-order valence-electron chi connectivity index (χ2n) is 7.08. The van der Waals surface area contributed by atoms with Gasteiger partial charge in [-0.3, -0.25) is 4.79 Å². The summed E-state index contributed by atoms with van der Waals surface area (Å²) in [7, 11) is 0. The Labute approximate surface area is 161 Å². The average Bonchev–Trinajstić information content (AvgIpc) is 3.12. The second-order valence-corrected chi connectivity index (χ2v) is 7.08. The molecule has 4 nitrogen and oxygen atoms in total. The zero-order valence-electron chi connectivity index (χ0n) is 14.4. The monoisotopic (exact) mass is 383 g/mol. The molecule has 1 amide bonds. The van der Waals surface area contributed by atoms with Crippen LogP contribution in [0.4, 0.5) is 0 Å². The molecular formula is C19H27Cl2N3O. The van der Waals surface area contributed by atoms with Crippen LogP contribution < -0.4 is 10.6 Å². The van der Waals surface area contributed by atoms with E-state index in [0.717, 1.165) is 39.0 Å². The van der Waals surface area contributed by atoms with Gasteiger partial charge in [0, 0.05) is 30.7 Å². The van der Waals surface area contributed by atoms with Crippen LogP contribution in [0.15, 0.2) is 36.5 Å². The molecule has 0 bridgehead atoms. The van der Waals surface area contributed by atoms with Crippen molar-refractivity contribution in [1.29, 1.82) is 0 Å². The Balaban J connectivity index is 0.00000113. The molecule has 6 heteroatoms. The van der Waals surface area contributed by atoms with E-state index in [1.165, 1.54) is 23.7 Å². The van der Waals surface area contributed by atoms with Crippen molar-refractivity contribution in [3.05, 3.63) is 36.5 Å². The first-order valence-electron chi connectivity index (χ1n) is 8.81. The van der Waals surface area contributed by atoms with Gasteiger partial charge in [-0.25, -0.2) is 0 Å². The summed E-state index contributed by atoms with van der Waals surface area (Å²) in [5, 5.41) is 7.82. The number of aryl methyl sites for hydroxylation is 1. The molecule has 1 atom stereocenters. The van der Waals surface area contributed by atoms with Crippen molar-refractivity contribution in [2.45, 2.75) is 32.2 Å². The van der Waals surface area contributed by atoms with E-state index >= 15 is 0 Å². The molecule has 1 aliphatic carbocycles. The Morgan fingerprint density at radius 2 is 1.96 bits per heavy atom. The number of fused-ring (bicyclic) bond motifs is 1. The number of halogens is 2. The molecule has 1 aromatic carbocycles. The molecule has 2 aliphatic rings. The molecule has 1 spiro atoms. The summed E-state index contributed by atoms with van der Waals surface area (Å²) in [6.07, 6.45) is 6.55. The SMILES string of the molecule is Cl.Cl.O=C(NCCCn1ccc2ccccc21)C1CC12CCNCC2. The number of nitrogens with one attached hydrogen (secondary N) is 2. The van der Waals surface area contributed by atoms with Crippen LogP contribution in [0.5, 0.6) is 0 Å². The summed E-state index contributed by atoms with van der Waals surface area (Å²) in [4.78, 5) is 12.3. The Bertz CT molecular complexity index is 710. The van der Waals surface area contributed by atoms with E-state index in [1.54, 1.807) is 0 Å². The minimum absolute atomic E-state index is 0. The Morgan fingerprint density at radius 3 is 2.76 bits per heavy atom. The number of rotatable bonds is 5. The molecule has 2 aromatic rings. The van der Waals surface area contributed by atoms with Crippen molar-refractivity contribution >= 4 is 41.6 Å². The van der Waals surface area contributed by atoms with Crippen LogP contribution in [0.1, 0.15) is 25.7 Å². The molecule has 2 fully saturated rings. The van der Waals surface area contributed by atoms with Gasteiger partial charge in [0.2, 0.25) is 5.91 Å². The minimum Gasteiger partial charge on any atom is -0.356 e. The van der Waals surface area contributed by atoms with Crippen LogP contribution in [-0.2, 0) is 11.3 Å². The maximum Gasteiger partial charge on any atom is 0.223 e. The van der Waals surface area contributed by atoms with Gasteiger partial charge in [-0.15, -0.1) is 24.8 Å². The topological polar surface area (TPSA) is 46.1 Å². The number of piperidine rings is 1. The van der Waals surface area contributed by atoms with E-state index in [-0.39, 0.29) is 36.6 Å². The molecule has 2 heterocycles. The van der Waals surface area contributed by atoms with Gasteiger partial charge in [0.25, 0.3) is 0 Å². The Kier molecular flexibility index (Phi) is 6.78. The van der Waals surface area contributed by atoms with E-state index in [1.807, 2.05) is 0 Å². The summed E-state index contributed by atoms with van der Waals surface area (Å²) >= 11 is 0. The van der Waals surface area contributed by atoms with Gasteiger partial charge in [-0.05, 0) is 61.7 Å². The highest BCUT2D eigenvalue weighted by Crippen LogP contribution is 2.58. The molecule has 25 heavy (non-hydrogen) atoms. The third-order valence-electron chi connectivity index (χ3n) is 5.66. The molecule has 1 aliphatic heterocycles. The van der Waals surface area contributed by atoms with E-state index in [4.69, 9.17) is 0 Å². The normalized spacial score (nSPS) is 20.6. The molecule has 4 rings (SSSR count). The number of hydrogen-bond acceptors (Lipinski definition) is 2. The number of amides is 1. The fraction of sp³-hybridized carbons (Fsp3) is 0.526. The lowest BCUT2D eigenvalue weighted by molar-refractivity contribution is -0.123. The van der Waals surface area contributed by atoms with Gasteiger partial charge >= 0.3 is 0 Å². The average molecular weight is 384 g/mol. The Hall–Kier alpha value is -1.23. The maximum absolute atomic E-state index is 12.3.